The molecule has 1 heterocycles. The molecule has 0 amide bonds. The van der Waals surface area contributed by atoms with Gasteiger partial charge < -0.3 is 4.74 Å². The maximum absolute atomic E-state index is 12.1. The molecule has 3 rings (SSSR count). The van der Waals surface area contributed by atoms with E-state index >= 15 is 0 Å². The van der Waals surface area contributed by atoms with Crippen molar-refractivity contribution < 1.29 is 9.53 Å². The lowest BCUT2D eigenvalue weighted by molar-refractivity contribution is -0.116. The second-order valence-corrected chi connectivity index (χ2v) is 4.95. The molecule has 1 aliphatic carbocycles. The first-order chi connectivity index (χ1) is 8.75. The van der Waals surface area contributed by atoms with Gasteiger partial charge in [-0.25, -0.2) is 0 Å². The molecule has 2 nitrogen and oxygen atoms in total. The third-order valence-corrected chi connectivity index (χ3v) is 3.64. The van der Waals surface area contributed by atoms with Crippen LogP contribution in [0.4, 0.5) is 0 Å². The number of allylic oxidation sites excluding steroid dienone is 3. The minimum Gasteiger partial charge on any atom is -0.469 e. The van der Waals surface area contributed by atoms with E-state index in [2.05, 4.69) is 31.2 Å². The van der Waals surface area contributed by atoms with E-state index in [0.29, 0.717) is 6.42 Å². The van der Waals surface area contributed by atoms with E-state index in [1.54, 1.807) is 6.26 Å². The Morgan fingerprint density at radius 2 is 1.94 bits per heavy atom. The fraction of sp³-hybridized carbons (Fsp3) is 0.312. The summed E-state index contributed by atoms with van der Waals surface area (Å²) in [4.78, 5) is 12.1. The van der Waals surface area contributed by atoms with Crippen molar-refractivity contribution in [3.63, 3.8) is 0 Å². The number of carbonyl (C=O) groups is 1. The number of carbonyl (C=O) groups excluding carboxylic acids is 1. The Kier molecular flexibility index (Phi) is 2.78. The van der Waals surface area contributed by atoms with Crippen LogP contribution in [0.25, 0.3) is 0 Å². The van der Waals surface area contributed by atoms with Gasteiger partial charge in [0.25, 0.3) is 0 Å². The Bertz CT molecular complexity index is 535. The molecule has 0 aromatic heterocycles. The van der Waals surface area contributed by atoms with Gasteiger partial charge in [-0.05, 0) is 25.0 Å². The first kappa shape index (κ1) is 11.3. The van der Waals surface area contributed by atoms with Crippen molar-refractivity contribution in [3.05, 3.63) is 59.1 Å². The second-order valence-electron chi connectivity index (χ2n) is 4.95. The van der Waals surface area contributed by atoms with Crippen LogP contribution >= 0.6 is 0 Å². The van der Waals surface area contributed by atoms with E-state index in [1.165, 1.54) is 11.1 Å². The summed E-state index contributed by atoms with van der Waals surface area (Å²) in [5.74, 6) is 1.19. The van der Waals surface area contributed by atoms with Gasteiger partial charge in [-0.2, -0.15) is 0 Å². The molecule has 0 spiro atoms. The highest BCUT2D eigenvalue weighted by Gasteiger charge is 2.30. The van der Waals surface area contributed by atoms with Gasteiger partial charge >= 0.3 is 0 Å². The standard InChI is InChI=1S/C16H16O2/c1-11-5-7-12(8-6-11)13-9-10-18-15-4-2-3-14(17)16(13)15/h5-10,13H,2-4H2,1H3. The lowest BCUT2D eigenvalue weighted by Crippen LogP contribution is -2.20. The maximum atomic E-state index is 12.1. The zero-order valence-corrected chi connectivity index (χ0v) is 10.5. The number of rotatable bonds is 1. The highest BCUT2D eigenvalue weighted by atomic mass is 16.5. The molecule has 92 valence electrons. The Hall–Kier alpha value is -1.83. The minimum absolute atomic E-state index is 0.0714. The highest BCUT2D eigenvalue weighted by Crippen LogP contribution is 2.37. The fourth-order valence-electron chi connectivity index (χ4n) is 2.65. The Balaban J connectivity index is 2.02. The van der Waals surface area contributed by atoms with Crippen molar-refractivity contribution >= 4 is 5.78 Å². The number of aryl methyl sites for hydroxylation is 1. The largest absolute Gasteiger partial charge is 0.469 e. The second kappa shape index (κ2) is 4.45. The highest BCUT2D eigenvalue weighted by molar-refractivity contribution is 5.98. The van der Waals surface area contributed by atoms with Crippen LogP contribution in [0.3, 0.4) is 0 Å². The summed E-state index contributed by atoms with van der Waals surface area (Å²) in [5.41, 5.74) is 3.27. The molecule has 1 aromatic rings. The summed E-state index contributed by atoms with van der Waals surface area (Å²) < 4.78 is 5.51. The average Bonchev–Trinajstić information content (AvgIpc) is 2.39. The van der Waals surface area contributed by atoms with Crippen molar-refractivity contribution in [1.29, 1.82) is 0 Å². The van der Waals surface area contributed by atoms with Gasteiger partial charge in [0.2, 0.25) is 0 Å². The van der Waals surface area contributed by atoms with Crippen LogP contribution in [0.1, 0.15) is 36.3 Å². The third kappa shape index (κ3) is 1.88. The van der Waals surface area contributed by atoms with Crippen molar-refractivity contribution in [2.75, 3.05) is 0 Å². The number of hydrogen-bond donors (Lipinski definition) is 0. The predicted molar refractivity (Wildman–Crippen MR) is 70.0 cm³/mol. The molecule has 2 heteroatoms. The molecule has 0 radical (unpaired) electrons. The molecule has 1 aromatic carbocycles. The van der Waals surface area contributed by atoms with E-state index in [-0.39, 0.29) is 11.7 Å². The molecule has 0 bridgehead atoms. The zero-order chi connectivity index (χ0) is 12.5. The molecule has 0 fully saturated rings. The monoisotopic (exact) mass is 240 g/mol. The van der Waals surface area contributed by atoms with Gasteiger partial charge in [0.05, 0.1) is 6.26 Å². The molecule has 1 aliphatic heterocycles. The van der Waals surface area contributed by atoms with E-state index in [9.17, 15) is 4.79 Å². The zero-order valence-electron chi connectivity index (χ0n) is 10.5. The summed E-state index contributed by atoms with van der Waals surface area (Å²) >= 11 is 0. The molecule has 1 atom stereocenters. The van der Waals surface area contributed by atoms with Gasteiger partial charge in [-0.15, -0.1) is 0 Å². The van der Waals surface area contributed by atoms with Crippen molar-refractivity contribution in [3.8, 4) is 0 Å². The number of ketones is 1. The quantitative estimate of drug-likeness (QED) is 0.749. The molecule has 2 aliphatic rings. The van der Waals surface area contributed by atoms with Crippen LogP contribution in [0.15, 0.2) is 47.9 Å². The van der Waals surface area contributed by atoms with Gasteiger partial charge in [0, 0.05) is 24.3 Å². The maximum Gasteiger partial charge on any atom is 0.163 e. The first-order valence-corrected chi connectivity index (χ1v) is 6.42. The number of ether oxygens (including phenoxy) is 1. The SMILES string of the molecule is Cc1ccc(C2C=COC3=C2C(=O)CCC3)cc1. The predicted octanol–water partition coefficient (Wildman–Crippen LogP) is 3.63. The molecule has 18 heavy (non-hydrogen) atoms. The van der Waals surface area contributed by atoms with Crippen LogP contribution in [0.2, 0.25) is 0 Å². The first-order valence-electron chi connectivity index (χ1n) is 6.42. The fourth-order valence-corrected chi connectivity index (χ4v) is 2.65. The van der Waals surface area contributed by atoms with Gasteiger partial charge in [0.15, 0.2) is 5.78 Å². The summed E-state index contributed by atoms with van der Waals surface area (Å²) in [5, 5.41) is 0. The van der Waals surface area contributed by atoms with E-state index in [0.717, 1.165) is 24.2 Å². The average molecular weight is 240 g/mol. The topological polar surface area (TPSA) is 26.3 Å². The Morgan fingerprint density at radius 3 is 2.72 bits per heavy atom. The summed E-state index contributed by atoms with van der Waals surface area (Å²) in [7, 11) is 0. The molecular formula is C16H16O2. The number of Topliss-reactive ketones (excluding diaryl/α,β-unsaturated/α-hetero) is 1. The molecule has 1 unspecified atom stereocenters. The smallest absolute Gasteiger partial charge is 0.163 e. The van der Waals surface area contributed by atoms with E-state index < -0.39 is 0 Å². The Morgan fingerprint density at radius 1 is 1.17 bits per heavy atom. The number of benzene rings is 1. The Labute approximate surface area is 107 Å². The van der Waals surface area contributed by atoms with Crippen LogP contribution in [-0.4, -0.2) is 5.78 Å². The van der Waals surface area contributed by atoms with Crippen LogP contribution in [0.5, 0.6) is 0 Å². The third-order valence-electron chi connectivity index (χ3n) is 3.64. The van der Waals surface area contributed by atoms with Gasteiger partial charge in [0.1, 0.15) is 5.76 Å². The summed E-state index contributed by atoms with van der Waals surface area (Å²) in [6.45, 7) is 2.07. The lowest BCUT2D eigenvalue weighted by Gasteiger charge is -2.27. The lowest BCUT2D eigenvalue weighted by atomic mass is 9.82. The van der Waals surface area contributed by atoms with Gasteiger partial charge in [-0.1, -0.05) is 29.8 Å². The van der Waals surface area contributed by atoms with Crippen LogP contribution in [-0.2, 0) is 9.53 Å². The van der Waals surface area contributed by atoms with E-state index in [1.807, 2.05) is 6.08 Å². The number of hydrogen-bond acceptors (Lipinski definition) is 2. The van der Waals surface area contributed by atoms with Crippen molar-refractivity contribution in [2.24, 2.45) is 0 Å². The molecule has 0 saturated heterocycles. The van der Waals surface area contributed by atoms with Crippen molar-refractivity contribution in [2.45, 2.75) is 32.1 Å². The molecule has 0 saturated carbocycles. The summed E-state index contributed by atoms with van der Waals surface area (Å²) in [6.07, 6.45) is 6.15. The molecular weight excluding hydrogens is 224 g/mol. The van der Waals surface area contributed by atoms with Crippen LogP contribution < -0.4 is 0 Å². The minimum atomic E-state index is 0.0714. The van der Waals surface area contributed by atoms with E-state index in [4.69, 9.17) is 4.74 Å². The van der Waals surface area contributed by atoms with Crippen LogP contribution in [0, 0.1) is 6.92 Å². The normalized spacial score (nSPS) is 22.7. The van der Waals surface area contributed by atoms with Crippen molar-refractivity contribution in [1.82, 2.24) is 0 Å². The summed E-state index contributed by atoms with van der Waals surface area (Å²) in [6, 6.07) is 8.38. The van der Waals surface area contributed by atoms with Gasteiger partial charge in [-0.3, -0.25) is 4.79 Å². The molecule has 0 N–H and O–H groups in total.